The van der Waals surface area contributed by atoms with Crippen molar-refractivity contribution in [2.45, 2.75) is 32.9 Å². The van der Waals surface area contributed by atoms with Gasteiger partial charge in [0.15, 0.2) is 0 Å². The average Bonchev–Trinajstić information content (AvgIpc) is 2.29. The number of nitrogens with one attached hydrogen (secondary N) is 1. The number of hydrogen-bond acceptors (Lipinski definition) is 2. The van der Waals surface area contributed by atoms with E-state index >= 15 is 0 Å². The van der Waals surface area contributed by atoms with E-state index in [0.29, 0.717) is 18.0 Å². The molecule has 0 saturated heterocycles. The van der Waals surface area contributed by atoms with E-state index in [2.05, 4.69) is 38.2 Å². The number of benzene rings is 1. The lowest BCUT2D eigenvalue weighted by atomic mass is 10.0. The van der Waals surface area contributed by atoms with Crippen LogP contribution in [0.5, 0.6) is 0 Å². The Labute approximate surface area is 109 Å². The van der Waals surface area contributed by atoms with E-state index in [9.17, 15) is 0 Å². The van der Waals surface area contributed by atoms with Gasteiger partial charge in [-0.1, -0.05) is 37.6 Å². The Hall–Kier alpha value is -0.570. The minimum Gasteiger partial charge on any atom is -0.383 e. The van der Waals surface area contributed by atoms with E-state index in [4.69, 9.17) is 16.3 Å². The SMILES string of the molecule is COCC(N[C@@H](C)c1ccc(Cl)cc1)C(C)C. The molecule has 2 nitrogen and oxygen atoms in total. The molecule has 1 unspecified atom stereocenters. The predicted octanol–water partition coefficient (Wildman–Crippen LogP) is 3.66. The lowest BCUT2D eigenvalue weighted by Crippen LogP contribution is -2.39. The molecule has 3 heteroatoms. The molecule has 1 rings (SSSR count). The molecule has 96 valence electrons. The van der Waals surface area contributed by atoms with Crippen molar-refractivity contribution in [3.05, 3.63) is 34.9 Å². The molecule has 0 radical (unpaired) electrons. The van der Waals surface area contributed by atoms with Crippen molar-refractivity contribution in [3.63, 3.8) is 0 Å². The van der Waals surface area contributed by atoms with Gasteiger partial charge in [0.2, 0.25) is 0 Å². The molecule has 0 heterocycles. The fourth-order valence-corrected chi connectivity index (χ4v) is 1.91. The zero-order valence-corrected chi connectivity index (χ0v) is 11.8. The third-order valence-corrected chi connectivity index (χ3v) is 3.24. The van der Waals surface area contributed by atoms with Crippen LogP contribution in [0.2, 0.25) is 5.02 Å². The minimum atomic E-state index is 0.301. The summed E-state index contributed by atoms with van der Waals surface area (Å²) in [5.41, 5.74) is 1.25. The Morgan fingerprint density at radius 2 is 1.76 bits per heavy atom. The number of rotatable bonds is 6. The van der Waals surface area contributed by atoms with Crippen molar-refractivity contribution in [1.82, 2.24) is 5.32 Å². The molecule has 0 spiro atoms. The molecule has 0 aliphatic carbocycles. The quantitative estimate of drug-likeness (QED) is 0.838. The number of hydrogen-bond donors (Lipinski definition) is 1. The first-order chi connectivity index (χ1) is 8.04. The summed E-state index contributed by atoms with van der Waals surface area (Å²) in [6.07, 6.45) is 0. The molecule has 0 fully saturated rings. The van der Waals surface area contributed by atoms with Gasteiger partial charge >= 0.3 is 0 Å². The van der Waals surface area contributed by atoms with Crippen LogP contribution in [0.25, 0.3) is 0 Å². The summed E-state index contributed by atoms with van der Waals surface area (Å²) in [4.78, 5) is 0. The molecule has 1 N–H and O–H groups in total. The predicted molar refractivity (Wildman–Crippen MR) is 73.5 cm³/mol. The molecule has 17 heavy (non-hydrogen) atoms. The van der Waals surface area contributed by atoms with Crippen molar-refractivity contribution in [2.75, 3.05) is 13.7 Å². The topological polar surface area (TPSA) is 21.3 Å². The van der Waals surface area contributed by atoms with Crippen LogP contribution in [0.3, 0.4) is 0 Å². The van der Waals surface area contributed by atoms with Crippen LogP contribution in [0.4, 0.5) is 0 Å². The first-order valence-electron chi connectivity index (χ1n) is 6.05. The molecule has 0 amide bonds. The van der Waals surface area contributed by atoms with Gasteiger partial charge in [-0.2, -0.15) is 0 Å². The molecule has 2 atom stereocenters. The highest BCUT2D eigenvalue weighted by atomic mass is 35.5. The van der Waals surface area contributed by atoms with Crippen LogP contribution in [0.1, 0.15) is 32.4 Å². The van der Waals surface area contributed by atoms with E-state index in [1.807, 2.05) is 12.1 Å². The van der Waals surface area contributed by atoms with Crippen molar-refractivity contribution >= 4 is 11.6 Å². The molecule has 1 aromatic rings. The largest absolute Gasteiger partial charge is 0.383 e. The maximum absolute atomic E-state index is 5.88. The van der Waals surface area contributed by atoms with Gasteiger partial charge in [0, 0.05) is 24.2 Å². The van der Waals surface area contributed by atoms with E-state index in [1.54, 1.807) is 7.11 Å². The summed E-state index contributed by atoms with van der Waals surface area (Å²) in [6, 6.07) is 8.64. The second kappa shape index (κ2) is 7.00. The standard InChI is InChI=1S/C14H22ClNO/c1-10(2)14(9-17-4)16-11(3)12-5-7-13(15)8-6-12/h5-8,10-11,14,16H,9H2,1-4H3/t11-,14?/m0/s1. The van der Waals surface area contributed by atoms with Crippen molar-refractivity contribution in [3.8, 4) is 0 Å². The smallest absolute Gasteiger partial charge is 0.0618 e. The van der Waals surface area contributed by atoms with Crippen molar-refractivity contribution in [1.29, 1.82) is 0 Å². The molecular weight excluding hydrogens is 234 g/mol. The van der Waals surface area contributed by atoms with E-state index < -0.39 is 0 Å². The second-order valence-electron chi connectivity index (χ2n) is 4.75. The van der Waals surface area contributed by atoms with Crippen LogP contribution in [0.15, 0.2) is 24.3 Å². The first-order valence-corrected chi connectivity index (χ1v) is 6.42. The molecule has 0 aliphatic rings. The van der Waals surface area contributed by atoms with Crippen LogP contribution < -0.4 is 5.32 Å². The average molecular weight is 256 g/mol. The second-order valence-corrected chi connectivity index (χ2v) is 5.18. The van der Waals surface area contributed by atoms with Crippen LogP contribution in [-0.4, -0.2) is 19.8 Å². The van der Waals surface area contributed by atoms with Gasteiger partial charge in [-0.05, 0) is 30.5 Å². The summed E-state index contributed by atoms with van der Waals surface area (Å²) in [5.74, 6) is 0.546. The van der Waals surface area contributed by atoms with Crippen LogP contribution >= 0.6 is 11.6 Å². The summed E-state index contributed by atoms with van der Waals surface area (Å²) in [5, 5.41) is 4.36. The fraction of sp³-hybridized carbons (Fsp3) is 0.571. The van der Waals surface area contributed by atoms with Gasteiger partial charge < -0.3 is 10.1 Å². The zero-order valence-electron chi connectivity index (χ0n) is 11.0. The van der Waals surface area contributed by atoms with Gasteiger partial charge in [-0.3, -0.25) is 0 Å². The van der Waals surface area contributed by atoms with Gasteiger partial charge in [0.25, 0.3) is 0 Å². The summed E-state index contributed by atoms with van der Waals surface area (Å²) in [7, 11) is 1.74. The van der Waals surface area contributed by atoms with E-state index in [-0.39, 0.29) is 0 Å². The zero-order chi connectivity index (χ0) is 12.8. The summed E-state index contributed by atoms with van der Waals surface area (Å²) < 4.78 is 5.24. The first kappa shape index (κ1) is 14.5. The van der Waals surface area contributed by atoms with Crippen LogP contribution in [-0.2, 0) is 4.74 Å². The molecule has 0 saturated carbocycles. The number of methoxy groups -OCH3 is 1. The Balaban J connectivity index is 2.63. The Bertz CT molecular complexity index is 323. The maximum Gasteiger partial charge on any atom is 0.0618 e. The highest BCUT2D eigenvalue weighted by Gasteiger charge is 2.16. The van der Waals surface area contributed by atoms with Gasteiger partial charge in [-0.15, -0.1) is 0 Å². The molecule has 0 bridgehead atoms. The molecule has 1 aromatic carbocycles. The Morgan fingerprint density at radius 1 is 1.18 bits per heavy atom. The Morgan fingerprint density at radius 3 is 2.24 bits per heavy atom. The highest BCUT2D eigenvalue weighted by molar-refractivity contribution is 6.30. The van der Waals surface area contributed by atoms with E-state index in [0.717, 1.165) is 11.6 Å². The molecular formula is C14H22ClNO. The van der Waals surface area contributed by atoms with Gasteiger partial charge in [0.05, 0.1) is 6.61 Å². The van der Waals surface area contributed by atoms with Crippen LogP contribution in [0, 0.1) is 5.92 Å². The minimum absolute atomic E-state index is 0.301. The monoisotopic (exact) mass is 255 g/mol. The summed E-state index contributed by atoms with van der Waals surface area (Å²) in [6.45, 7) is 7.29. The lowest BCUT2D eigenvalue weighted by molar-refractivity contribution is 0.141. The summed E-state index contributed by atoms with van der Waals surface area (Å²) >= 11 is 5.88. The van der Waals surface area contributed by atoms with Crippen molar-refractivity contribution in [2.24, 2.45) is 5.92 Å². The van der Waals surface area contributed by atoms with E-state index in [1.165, 1.54) is 5.56 Å². The Kier molecular flexibility index (Phi) is 5.96. The van der Waals surface area contributed by atoms with Gasteiger partial charge in [0.1, 0.15) is 0 Å². The molecule has 0 aromatic heterocycles. The van der Waals surface area contributed by atoms with Gasteiger partial charge in [-0.25, -0.2) is 0 Å². The van der Waals surface area contributed by atoms with Crippen molar-refractivity contribution < 1.29 is 4.74 Å². The molecule has 0 aliphatic heterocycles. The lowest BCUT2D eigenvalue weighted by Gasteiger charge is -2.26. The highest BCUT2D eigenvalue weighted by Crippen LogP contribution is 2.17. The maximum atomic E-state index is 5.88. The third kappa shape index (κ3) is 4.66. The number of ether oxygens (including phenoxy) is 1. The normalized spacial score (nSPS) is 14.9. The third-order valence-electron chi connectivity index (χ3n) is 2.99. The fourth-order valence-electron chi connectivity index (χ4n) is 1.78. The number of halogens is 1.